The van der Waals surface area contributed by atoms with Crippen molar-refractivity contribution in [2.75, 3.05) is 36.4 Å². The summed E-state index contributed by atoms with van der Waals surface area (Å²) >= 11 is 1.80. The van der Waals surface area contributed by atoms with Gasteiger partial charge >= 0.3 is 0 Å². The molecule has 0 spiro atoms. The Labute approximate surface area is 184 Å². The smallest absolute Gasteiger partial charge is 0.206 e. The Hall–Kier alpha value is -3.04. The van der Waals surface area contributed by atoms with Gasteiger partial charge in [0.25, 0.3) is 0 Å². The first kappa shape index (κ1) is 18.7. The van der Waals surface area contributed by atoms with E-state index >= 15 is 0 Å². The van der Waals surface area contributed by atoms with Gasteiger partial charge in [0.2, 0.25) is 5.82 Å². The number of fused-ring (bicyclic) bond motifs is 1. The molecule has 2 N–H and O–H groups in total. The molecule has 8 nitrogen and oxygen atoms in total. The van der Waals surface area contributed by atoms with Crippen molar-refractivity contribution in [1.82, 2.24) is 30.5 Å². The number of nitrogens with one attached hydrogen (secondary N) is 2. The van der Waals surface area contributed by atoms with Crippen molar-refractivity contribution in [1.29, 1.82) is 0 Å². The molecule has 2 fully saturated rings. The van der Waals surface area contributed by atoms with Crippen molar-refractivity contribution in [3.63, 3.8) is 0 Å². The highest BCUT2D eigenvalue weighted by atomic mass is 32.1. The van der Waals surface area contributed by atoms with E-state index in [1.54, 1.807) is 11.3 Å². The summed E-state index contributed by atoms with van der Waals surface area (Å²) in [4.78, 5) is 9.74. The zero-order valence-electron chi connectivity index (χ0n) is 17.2. The van der Waals surface area contributed by atoms with Crippen molar-refractivity contribution in [2.24, 2.45) is 0 Å². The molecule has 4 aromatic rings. The summed E-state index contributed by atoms with van der Waals surface area (Å²) in [6.45, 7) is 4.84. The van der Waals surface area contributed by atoms with E-state index in [-0.39, 0.29) is 0 Å². The predicted octanol–water partition coefficient (Wildman–Crippen LogP) is 3.37. The van der Waals surface area contributed by atoms with Crippen LogP contribution in [-0.4, -0.2) is 62.7 Å². The molecule has 0 atom stereocenters. The molecule has 2 aromatic heterocycles. The molecule has 1 saturated carbocycles. The van der Waals surface area contributed by atoms with E-state index in [0.717, 1.165) is 43.8 Å². The number of hydrogen-bond donors (Lipinski definition) is 2. The Morgan fingerprint density at radius 1 is 1.06 bits per heavy atom. The number of rotatable bonds is 6. The third kappa shape index (κ3) is 3.98. The van der Waals surface area contributed by atoms with Crippen molar-refractivity contribution >= 4 is 32.9 Å². The first-order chi connectivity index (χ1) is 15.3. The van der Waals surface area contributed by atoms with Gasteiger partial charge in [0.15, 0.2) is 0 Å². The van der Waals surface area contributed by atoms with Gasteiger partial charge in [0.1, 0.15) is 5.01 Å². The number of thiazole rings is 1. The van der Waals surface area contributed by atoms with Crippen LogP contribution in [0.3, 0.4) is 0 Å². The topological polar surface area (TPSA) is 85.9 Å². The molecule has 9 heteroatoms. The average Bonchev–Trinajstić information content (AvgIpc) is 3.27. The molecule has 31 heavy (non-hydrogen) atoms. The monoisotopic (exact) mass is 432 g/mol. The molecule has 0 radical (unpaired) electrons. The van der Waals surface area contributed by atoms with Gasteiger partial charge in [-0.3, -0.25) is 4.90 Å². The van der Waals surface area contributed by atoms with E-state index in [1.165, 1.54) is 33.9 Å². The number of aromatic amines is 1. The summed E-state index contributed by atoms with van der Waals surface area (Å²) in [5, 5.41) is 19.6. The third-order valence-corrected chi connectivity index (χ3v) is 6.96. The first-order valence-electron chi connectivity index (χ1n) is 10.8. The first-order valence-corrected chi connectivity index (χ1v) is 11.6. The number of anilines is 2. The van der Waals surface area contributed by atoms with E-state index < -0.39 is 0 Å². The lowest BCUT2D eigenvalue weighted by molar-refractivity contribution is 0.250. The van der Waals surface area contributed by atoms with Crippen molar-refractivity contribution < 1.29 is 0 Å². The number of benzene rings is 2. The number of nitrogens with zero attached hydrogens (tertiary/aromatic N) is 6. The van der Waals surface area contributed by atoms with Gasteiger partial charge in [-0.25, -0.2) is 4.98 Å². The highest BCUT2D eigenvalue weighted by Crippen LogP contribution is 2.34. The quantitative estimate of drug-likeness (QED) is 0.483. The zero-order valence-corrected chi connectivity index (χ0v) is 18.0. The van der Waals surface area contributed by atoms with Gasteiger partial charge in [0.05, 0.1) is 22.4 Å². The van der Waals surface area contributed by atoms with Crippen LogP contribution in [0.5, 0.6) is 0 Å². The molecule has 1 aliphatic heterocycles. The van der Waals surface area contributed by atoms with Crippen molar-refractivity contribution in [3.8, 4) is 11.4 Å². The second-order valence-electron chi connectivity index (χ2n) is 8.22. The molecule has 1 saturated heterocycles. The molecule has 2 aromatic carbocycles. The number of tetrazole rings is 1. The number of H-pyrrole nitrogens is 1. The second kappa shape index (κ2) is 7.90. The number of piperazine rings is 1. The van der Waals surface area contributed by atoms with Gasteiger partial charge in [0, 0.05) is 43.5 Å². The van der Waals surface area contributed by atoms with Crippen LogP contribution in [0.1, 0.15) is 17.8 Å². The van der Waals surface area contributed by atoms with Crippen LogP contribution in [0.25, 0.3) is 21.6 Å². The van der Waals surface area contributed by atoms with Gasteiger partial charge in [-0.15, -0.1) is 21.5 Å². The molecular formula is C22H24N8S. The highest BCUT2D eigenvalue weighted by Gasteiger charge is 2.24. The predicted molar refractivity (Wildman–Crippen MR) is 123 cm³/mol. The lowest BCUT2D eigenvalue weighted by atomic mass is 10.1. The fourth-order valence-electron chi connectivity index (χ4n) is 4.14. The van der Waals surface area contributed by atoms with Crippen LogP contribution in [0.15, 0.2) is 42.5 Å². The van der Waals surface area contributed by atoms with Crippen LogP contribution in [0.2, 0.25) is 0 Å². The summed E-state index contributed by atoms with van der Waals surface area (Å²) in [7, 11) is 0. The summed E-state index contributed by atoms with van der Waals surface area (Å²) < 4.78 is 1.26. The number of para-hydroxylation sites is 1. The van der Waals surface area contributed by atoms with Crippen LogP contribution in [-0.2, 0) is 6.54 Å². The van der Waals surface area contributed by atoms with Gasteiger partial charge in [-0.1, -0.05) is 12.1 Å². The lowest BCUT2D eigenvalue weighted by Gasteiger charge is -2.36. The zero-order chi connectivity index (χ0) is 20.6. The van der Waals surface area contributed by atoms with E-state index in [2.05, 4.69) is 78.2 Å². The summed E-state index contributed by atoms with van der Waals surface area (Å²) in [5.74, 6) is 0.643. The number of aromatic nitrogens is 5. The lowest BCUT2D eigenvalue weighted by Crippen LogP contribution is -2.46. The van der Waals surface area contributed by atoms with Crippen LogP contribution in [0.4, 0.5) is 11.4 Å². The largest absolute Gasteiger partial charge is 0.382 e. The summed E-state index contributed by atoms with van der Waals surface area (Å²) in [6.07, 6.45) is 2.51. The van der Waals surface area contributed by atoms with Crippen LogP contribution < -0.4 is 10.2 Å². The van der Waals surface area contributed by atoms with Gasteiger partial charge < -0.3 is 10.2 Å². The fraction of sp³-hybridized carbons (Fsp3) is 0.364. The Morgan fingerprint density at radius 3 is 2.71 bits per heavy atom. The normalized spacial score (nSPS) is 17.4. The molecule has 6 rings (SSSR count). The maximum absolute atomic E-state index is 4.80. The third-order valence-electron chi connectivity index (χ3n) is 5.94. The minimum Gasteiger partial charge on any atom is -0.382 e. The second-order valence-corrected chi connectivity index (χ2v) is 9.34. The molecule has 2 aliphatic rings. The van der Waals surface area contributed by atoms with Crippen LogP contribution in [0, 0.1) is 0 Å². The molecule has 0 amide bonds. The molecule has 0 unspecified atom stereocenters. The van der Waals surface area contributed by atoms with E-state index in [4.69, 9.17) is 4.98 Å². The molecular weight excluding hydrogens is 408 g/mol. The molecule has 0 bridgehead atoms. The van der Waals surface area contributed by atoms with E-state index in [0.29, 0.717) is 11.9 Å². The molecule has 1 aliphatic carbocycles. The Morgan fingerprint density at radius 2 is 1.94 bits per heavy atom. The summed E-state index contributed by atoms with van der Waals surface area (Å²) in [5.41, 5.74) is 4.47. The maximum atomic E-state index is 4.80. The Balaban J connectivity index is 1.18. The standard InChI is InChI=1S/C22H24N8S/c1-2-4-20-18(3-1)24-21(31-20)14-29-9-11-30(12-10-29)19-13-16(23-15-5-6-15)7-8-17(19)22-25-27-28-26-22/h1-4,7-8,13,15,23H,5-6,9-12,14H2,(H,25,26,27,28). The number of hydrogen-bond acceptors (Lipinski definition) is 8. The summed E-state index contributed by atoms with van der Waals surface area (Å²) in [6, 6.07) is 15.5. The van der Waals surface area contributed by atoms with Gasteiger partial charge in [-0.05, 0) is 48.4 Å². The SMILES string of the molecule is c1ccc2sc(CN3CCN(c4cc(NC5CC5)ccc4-c4nn[nH]n4)CC3)nc2c1. The van der Waals surface area contributed by atoms with Crippen molar-refractivity contribution in [2.45, 2.75) is 25.4 Å². The Bertz CT molecular complexity index is 1140. The van der Waals surface area contributed by atoms with Crippen molar-refractivity contribution in [3.05, 3.63) is 47.5 Å². The maximum Gasteiger partial charge on any atom is 0.206 e. The van der Waals surface area contributed by atoms with E-state index in [1.807, 2.05) is 0 Å². The molecule has 158 valence electrons. The Kier molecular flexibility index (Phi) is 4.77. The average molecular weight is 433 g/mol. The minimum atomic E-state index is 0.620. The minimum absolute atomic E-state index is 0.620. The van der Waals surface area contributed by atoms with E-state index in [9.17, 15) is 0 Å². The van der Waals surface area contributed by atoms with Gasteiger partial charge in [-0.2, -0.15) is 5.21 Å². The van der Waals surface area contributed by atoms with Crippen LogP contribution >= 0.6 is 11.3 Å². The molecule has 3 heterocycles. The highest BCUT2D eigenvalue weighted by molar-refractivity contribution is 7.18. The fourth-order valence-corrected chi connectivity index (χ4v) is 5.15.